The molecular weight excluding hydrogens is 282 g/mol. The zero-order valence-electron chi connectivity index (χ0n) is 12.6. The highest BCUT2D eigenvalue weighted by atomic mass is 16.5. The molecular formula is C17H21NO4. The maximum atomic E-state index is 12.5. The Labute approximate surface area is 129 Å². The summed E-state index contributed by atoms with van der Waals surface area (Å²) in [5.41, 5.74) is 6.16. The number of benzene rings is 1. The van der Waals surface area contributed by atoms with Crippen molar-refractivity contribution in [1.29, 1.82) is 0 Å². The number of ether oxygens (including phenoxy) is 1. The van der Waals surface area contributed by atoms with Crippen LogP contribution >= 0.6 is 0 Å². The topological polar surface area (TPSA) is 92.8 Å². The molecule has 0 aromatic heterocycles. The smallest absolute Gasteiger partial charge is 0.174 e. The fourth-order valence-electron chi connectivity index (χ4n) is 4.98. The summed E-state index contributed by atoms with van der Waals surface area (Å²) in [6, 6.07) is 3.00. The summed E-state index contributed by atoms with van der Waals surface area (Å²) in [5, 5.41) is 21.6. The van der Waals surface area contributed by atoms with E-state index in [0.717, 1.165) is 17.5 Å². The summed E-state index contributed by atoms with van der Waals surface area (Å²) < 4.78 is 5.90. The Bertz CT molecular complexity index is 673. The molecule has 4 atom stereocenters. The van der Waals surface area contributed by atoms with Crippen molar-refractivity contribution in [2.24, 2.45) is 5.73 Å². The number of nitrogens with two attached hydrogens (primary N) is 1. The van der Waals surface area contributed by atoms with E-state index in [9.17, 15) is 15.0 Å². The van der Waals surface area contributed by atoms with Crippen LogP contribution in [0.4, 0.5) is 0 Å². The lowest BCUT2D eigenvalue weighted by atomic mass is 9.50. The van der Waals surface area contributed by atoms with Crippen molar-refractivity contribution >= 4 is 5.78 Å². The van der Waals surface area contributed by atoms with Gasteiger partial charge in [0.05, 0.1) is 11.0 Å². The number of aromatic hydroxyl groups is 1. The highest BCUT2D eigenvalue weighted by Gasteiger charge is 2.69. The maximum Gasteiger partial charge on any atom is 0.174 e. The number of ketones is 1. The molecule has 1 fully saturated rings. The normalized spacial score (nSPS) is 38.6. The van der Waals surface area contributed by atoms with Gasteiger partial charge < -0.3 is 20.7 Å². The van der Waals surface area contributed by atoms with Crippen molar-refractivity contribution in [3.63, 3.8) is 0 Å². The number of Topliss-reactive ketones (excluding diaryl/α,β-unsaturated/α-hetero) is 1. The zero-order valence-corrected chi connectivity index (χ0v) is 12.6. The lowest BCUT2D eigenvalue weighted by molar-refractivity contribution is -0.157. The summed E-state index contributed by atoms with van der Waals surface area (Å²) in [6.07, 6.45) is 1.86. The molecule has 0 radical (unpaired) electrons. The van der Waals surface area contributed by atoms with E-state index in [4.69, 9.17) is 10.5 Å². The minimum absolute atomic E-state index is 0.00576. The van der Waals surface area contributed by atoms with Gasteiger partial charge in [0, 0.05) is 18.0 Å². The number of hydrogen-bond donors (Lipinski definition) is 3. The van der Waals surface area contributed by atoms with E-state index in [-0.39, 0.29) is 18.0 Å². The first-order chi connectivity index (χ1) is 10.5. The third-order valence-corrected chi connectivity index (χ3v) is 5.87. The van der Waals surface area contributed by atoms with Crippen LogP contribution in [-0.2, 0) is 16.6 Å². The van der Waals surface area contributed by atoms with Gasteiger partial charge in [0.2, 0.25) is 0 Å². The summed E-state index contributed by atoms with van der Waals surface area (Å²) in [4.78, 5) is 12.5. The molecule has 0 spiro atoms. The Morgan fingerprint density at radius 2 is 2.23 bits per heavy atom. The molecule has 5 heteroatoms. The predicted octanol–water partition coefficient (Wildman–Crippen LogP) is 1.17. The van der Waals surface area contributed by atoms with Crippen molar-refractivity contribution in [2.75, 3.05) is 0 Å². The van der Waals surface area contributed by atoms with Crippen molar-refractivity contribution in [3.05, 3.63) is 23.3 Å². The van der Waals surface area contributed by atoms with Crippen LogP contribution in [0.2, 0.25) is 0 Å². The van der Waals surface area contributed by atoms with E-state index in [1.807, 2.05) is 13.0 Å². The van der Waals surface area contributed by atoms with Gasteiger partial charge >= 0.3 is 0 Å². The third-order valence-electron chi connectivity index (χ3n) is 5.87. The molecule has 4 rings (SSSR count). The number of aliphatic hydroxyl groups is 1. The molecule has 1 aromatic rings. The van der Waals surface area contributed by atoms with Gasteiger partial charge in [-0.2, -0.15) is 0 Å². The number of hydrogen-bond acceptors (Lipinski definition) is 5. The number of rotatable bonds is 2. The van der Waals surface area contributed by atoms with Crippen LogP contribution in [0.25, 0.3) is 0 Å². The van der Waals surface area contributed by atoms with Gasteiger partial charge in [-0.3, -0.25) is 4.79 Å². The second-order valence-corrected chi connectivity index (χ2v) is 6.87. The largest absolute Gasteiger partial charge is 0.504 e. The predicted molar refractivity (Wildman–Crippen MR) is 80.0 cm³/mol. The second kappa shape index (κ2) is 4.24. The molecule has 0 amide bonds. The van der Waals surface area contributed by atoms with Gasteiger partial charge in [0.25, 0.3) is 0 Å². The van der Waals surface area contributed by atoms with E-state index in [0.29, 0.717) is 25.0 Å². The minimum atomic E-state index is -1.16. The standard InChI is InChI=1S/C17H21NO4/c1-2-6-16-13-9-3-4-10(19)14(13)22-15(16)11(20)5-7-17(16,21)12(18)8-9/h3-4,12,15,19,21H,2,5-8,18H2,1H3/t12-,15+,16+,17-/m1/s1. The Morgan fingerprint density at radius 3 is 2.95 bits per heavy atom. The molecule has 0 saturated heterocycles. The zero-order chi connectivity index (χ0) is 15.7. The van der Waals surface area contributed by atoms with Crippen LogP contribution in [0.15, 0.2) is 12.1 Å². The quantitative estimate of drug-likeness (QED) is 0.762. The van der Waals surface area contributed by atoms with Gasteiger partial charge in [0.15, 0.2) is 23.4 Å². The summed E-state index contributed by atoms with van der Waals surface area (Å²) in [5.74, 6) is 0.402. The van der Waals surface area contributed by atoms with Gasteiger partial charge in [-0.25, -0.2) is 0 Å². The van der Waals surface area contributed by atoms with Crippen LogP contribution in [0, 0.1) is 0 Å². The van der Waals surface area contributed by atoms with E-state index in [1.165, 1.54) is 0 Å². The van der Waals surface area contributed by atoms with Gasteiger partial charge in [-0.15, -0.1) is 0 Å². The first-order valence-electron chi connectivity index (χ1n) is 7.98. The SMILES string of the molecule is CCC[C@]12c3c4ccc(O)c3O[C@H]1C(=O)CC[C@@]2(O)[C@H](N)C4. The molecule has 22 heavy (non-hydrogen) atoms. The van der Waals surface area contributed by atoms with Gasteiger partial charge in [-0.05, 0) is 30.9 Å². The van der Waals surface area contributed by atoms with Crippen LogP contribution < -0.4 is 10.5 Å². The average molecular weight is 303 g/mol. The number of phenols is 1. The molecule has 1 saturated carbocycles. The molecule has 118 valence electrons. The fraction of sp³-hybridized carbons (Fsp3) is 0.588. The summed E-state index contributed by atoms with van der Waals surface area (Å²) in [7, 11) is 0. The molecule has 0 unspecified atom stereocenters. The number of carbonyl (C=O) groups is 1. The number of carbonyl (C=O) groups excluding carboxylic acids is 1. The summed E-state index contributed by atoms with van der Waals surface area (Å²) >= 11 is 0. The Hall–Kier alpha value is -1.59. The third kappa shape index (κ3) is 1.35. The van der Waals surface area contributed by atoms with E-state index in [1.54, 1.807) is 6.07 Å². The lowest BCUT2D eigenvalue weighted by Gasteiger charge is -2.55. The second-order valence-electron chi connectivity index (χ2n) is 6.87. The minimum Gasteiger partial charge on any atom is -0.504 e. The van der Waals surface area contributed by atoms with Gasteiger partial charge in [0.1, 0.15) is 0 Å². The van der Waals surface area contributed by atoms with Crippen molar-refractivity contribution < 1.29 is 19.7 Å². The monoisotopic (exact) mass is 303 g/mol. The van der Waals surface area contributed by atoms with Crippen LogP contribution in [0.3, 0.4) is 0 Å². The average Bonchev–Trinajstić information content (AvgIpc) is 2.84. The highest BCUT2D eigenvalue weighted by Crippen LogP contribution is 2.62. The van der Waals surface area contributed by atoms with E-state index in [2.05, 4.69) is 0 Å². The van der Waals surface area contributed by atoms with Gasteiger partial charge in [-0.1, -0.05) is 19.4 Å². The fourth-order valence-corrected chi connectivity index (χ4v) is 4.98. The Balaban J connectivity index is 2.07. The van der Waals surface area contributed by atoms with E-state index >= 15 is 0 Å². The summed E-state index contributed by atoms with van der Waals surface area (Å²) in [6.45, 7) is 2.03. The number of phenolic OH excluding ortho intramolecular Hbond substituents is 1. The molecule has 2 aliphatic carbocycles. The van der Waals surface area contributed by atoms with Crippen molar-refractivity contribution in [3.8, 4) is 11.5 Å². The molecule has 0 bridgehead atoms. The first-order valence-corrected chi connectivity index (χ1v) is 7.98. The van der Waals surface area contributed by atoms with Crippen LogP contribution in [0.1, 0.15) is 43.7 Å². The van der Waals surface area contributed by atoms with Crippen LogP contribution in [0.5, 0.6) is 11.5 Å². The molecule has 1 aliphatic heterocycles. The lowest BCUT2D eigenvalue weighted by Crippen LogP contribution is -2.72. The molecule has 1 aromatic carbocycles. The first kappa shape index (κ1) is 14.0. The molecule has 4 N–H and O–H groups in total. The van der Waals surface area contributed by atoms with Crippen molar-refractivity contribution in [2.45, 2.75) is 62.2 Å². The molecule has 5 nitrogen and oxygen atoms in total. The Kier molecular flexibility index (Phi) is 2.70. The Morgan fingerprint density at radius 1 is 1.45 bits per heavy atom. The highest BCUT2D eigenvalue weighted by molar-refractivity contribution is 5.89. The van der Waals surface area contributed by atoms with Crippen LogP contribution in [-0.4, -0.2) is 33.7 Å². The van der Waals surface area contributed by atoms with Crippen molar-refractivity contribution in [1.82, 2.24) is 0 Å². The van der Waals surface area contributed by atoms with E-state index < -0.39 is 23.2 Å². The molecule has 1 heterocycles. The maximum absolute atomic E-state index is 12.5. The molecule has 3 aliphatic rings.